The third-order valence-corrected chi connectivity index (χ3v) is 5.93. The maximum Gasteiger partial charge on any atom is 0.355 e. The largest absolute Gasteiger partial charge is 0.466 e. The van der Waals surface area contributed by atoms with E-state index in [1.165, 1.54) is 24.0 Å². The molecule has 0 fully saturated rings. The number of carbonyl (C=O) groups is 3. The highest BCUT2D eigenvalue weighted by Gasteiger charge is 2.42. The van der Waals surface area contributed by atoms with Crippen molar-refractivity contribution in [2.45, 2.75) is 18.8 Å². The fraction of sp³-hybridized carbons (Fsp3) is 0.259. The molecular formula is C27H28N4O5. The maximum absolute atomic E-state index is 13.1. The Morgan fingerprint density at radius 1 is 1.00 bits per heavy atom. The number of nitrogens with zero attached hydrogens (tertiary/aromatic N) is 3. The summed E-state index contributed by atoms with van der Waals surface area (Å²) < 4.78 is 10.1. The van der Waals surface area contributed by atoms with E-state index in [2.05, 4.69) is 6.07 Å². The van der Waals surface area contributed by atoms with Gasteiger partial charge < -0.3 is 20.1 Å². The smallest absolute Gasteiger partial charge is 0.355 e. The summed E-state index contributed by atoms with van der Waals surface area (Å²) >= 11 is 0. The Hall–Kier alpha value is -4.58. The predicted molar refractivity (Wildman–Crippen MR) is 133 cm³/mol. The number of anilines is 1. The van der Waals surface area contributed by atoms with Gasteiger partial charge in [0, 0.05) is 26.2 Å². The monoisotopic (exact) mass is 488 g/mol. The number of allylic oxidation sites excluding steroid dienone is 1. The molecule has 0 bridgehead atoms. The van der Waals surface area contributed by atoms with Crippen LogP contribution < -0.4 is 10.6 Å². The molecule has 1 unspecified atom stereocenters. The van der Waals surface area contributed by atoms with E-state index >= 15 is 0 Å². The molecule has 0 aromatic heterocycles. The number of nitriles is 1. The summed E-state index contributed by atoms with van der Waals surface area (Å²) in [6.07, 6.45) is 0.866. The van der Waals surface area contributed by atoms with Crippen LogP contribution in [0.4, 0.5) is 5.69 Å². The van der Waals surface area contributed by atoms with Crippen molar-refractivity contribution in [1.29, 1.82) is 5.26 Å². The average Bonchev–Trinajstić information content (AvgIpc) is 2.90. The first-order chi connectivity index (χ1) is 17.2. The number of aryl methyl sites for hydroxylation is 1. The molecule has 1 aliphatic heterocycles. The van der Waals surface area contributed by atoms with Crippen LogP contribution in [-0.4, -0.2) is 51.1 Å². The van der Waals surface area contributed by atoms with Crippen LogP contribution in [-0.2, 0) is 30.3 Å². The number of amides is 1. The number of hydrogen-bond donors (Lipinski definition) is 1. The second-order valence-corrected chi connectivity index (χ2v) is 8.29. The van der Waals surface area contributed by atoms with Crippen LogP contribution in [0.15, 0.2) is 77.3 Å². The summed E-state index contributed by atoms with van der Waals surface area (Å²) in [6.45, 7) is 0. The second kappa shape index (κ2) is 11.2. The second-order valence-electron chi connectivity index (χ2n) is 8.29. The third kappa shape index (κ3) is 5.08. The molecular weight excluding hydrogens is 460 g/mol. The minimum Gasteiger partial charge on any atom is -0.466 e. The zero-order valence-electron chi connectivity index (χ0n) is 20.6. The first kappa shape index (κ1) is 26.0. The number of ether oxygens (including phenoxy) is 2. The number of hydrogen-bond acceptors (Lipinski definition) is 8. The lowest BCUT2D eigenvalue weighted by Crippen LogP contribution is -2.40. The number of esters is 2. The fourth-order valence-electron chi connectivity index (χ4n) is 4.07. The van der Waals surface area contributed by atoms with E-state index in [4.69, 9.17) is 15.2 Å². The Bertz CT molecular complexity index is 1260. The zero-order valence-corrected chi connectivity index (χ0v) is 20.6. The van der Waals surface area contributed by atoms with Gasteiger partial charge >= 0.3 is 11.9 Å². The average molecular weight is 489 g/mol. The minimum absolute atomic E-state index is 0.00468. The quantitative estimate of drug-likeness (QED) is 0.590. The van der Waals surface area contributed by atoms with Crippen LogP contribution in [0.2, 0.25) is 0 Å². The minimum atomic E-state index is -0.926. The molecule has 0 spiro atoms. The molecule has 186 valence electrons. The van der Waals surface area contributed by atoms with E-state index in [0.29, 0.717) is 24.1 Å². The maximum atomic E-state index is 13.1. The van der Waals surface area contributed by atoms with Crippen molar-refractivity contribution < 1.29 is 23.9 Å². The van der Waals surface area contributed by atoms with Crippen molar-refractivity contribution in [3.05, 3.63) is 88.4 Å². The van der Waals surface area contributed by atoms with Crippen LogP contribution in [0.3, 0.4) is 0 Å². The van der Waals surface area contributed by atoms with Crippen LogP contribution in [0.5, 0.6) is 0 Å². The third-order valence-electron chi connectivity index (χ3n) is 5.93. The highest BCUT2D eigenvalue weighted by molar-refractivity contribution is 6.06. The fourth-order valence-corrected chi connectivity index (χ4v) is 4.07. The van der Waals surface area contributed by atoms with Gasteiger partial charge in [0.2, 0.25) is 5.91 Å². The Balaban J connectivity index is 2.17. The standard InChI is InChI=1S/C27H28N4O5/c1-30(2)21(32)15-12-17-10-13-19(14-11-17)31-24(27(34)36-4)23(26(33)35-3)22(20(16-28)25(31)29)18-8-6-5-7-9-18/h5-11,13-14,22H,12,15,29H2,1-4H3. The van der Waals surface area contributed by atoms with Crippen molar-refractivity contribution in [2.75, 3.05) is 33.2 Å². The molecule has 1 heterocycles. The first-order valence-corrected chi connectivity index (χ1v) is 11.2. The van der Waals surface area contributed by atoms with Crippen molar-refractivity contribution in [3.8, 4) is 6.07 Å². The highest BCUT2D eigenvalue weighted by Crippen LogP contribution is 2.43. The molecule has 1 atom stereocenters. The zero-order chi connectivity index (χ0) is 26.4. The topological polar surface area (TPSA) is 126 Å². The van der Waals surface area contributed by atoms with Gasteiger partial charge in [0.15, 0.2) is 0 Å². The molecule has 36 heavy (non-hydrogen) atoms. The normalized spacial score (nSPS) is 15.3. The summed E-state index contributed by atoms with van der Waals surface area (Å²) in [4.78, 5) is 40.9. The van der Waals surface area contributed by atoms with Gasteiger partial charge in [-0.2, -0.15) is 5.26 Å². The van der Waals surface area contributed by atoms with Gasteiger partial charge in [-0.1, -0.05) is 42.5 Å². The molecule has 0 saturated carbocycles. The molecule has 9 heteroatoms. The van der Waals surface area contributed by atoms with Crippen molar-refractivity contribution in [3.63, 3.8) is 0 Å². The molecule has 9 nitrogen and oxygen atoms in total. The lowest BCUT2D eigenvalue weighted by Gasteiger charge is -2.35. The summed E-state index contributed by atoms with van der Waals surface area (Å²) in [7, 11) is 5.80. The van der Waals surface area contributed by atoms with Gasteiger partial charge in [-0.3, -0.25) is 9.69 Å². The van der Waals surface area contributed by atoms with Crippen molar-refractivity contribution in [2.24, 2.45) is 5.73 Å². The number of benzene rings is 2. The first-order valence-electron chi connectivity index (χ1n) is 11.2. The SMILES string of the molecule is COC(=O)C1=C(C(=O)OC)N(c2ccc(CCC(=O)N(C)C)cc2)C(N)=C(C#N)C1c1ccccc1. The van der Waals surface area contributed by atoms with Crippen LogP contribution >= 0.6 is 0 Å². The van der Waals surface area contributed by atoms with Gasteiger partial charge in [-0.15, -0.1) is 0 Å². The predicted octanol–water partition coefficient (Wildman–Crippen LogP) is 2.61. The van der Waals surface area contributed by atoms with Crippen molar-refractivity contribution in [1.82, 2.24) is 4.90 Å². The Morgan fingerprint density at radius 3 is 2.14 bits per heavy atom. The molecule has 2 aromatic carbocycles. The van der Waals surface area contributed by atoms with Gasteiger partial charge in [-0.25, -0.2) is 9.59 Å². The van der Waals surface area contributed by atoms with Crippen LogP contribution in [0.1, 0.15) is 23.5 Å². The highest BCUT2D eigenvalue weighted by atomic mass is 16.5. The molecule has 0 aliphatic carbocycles. The molecule has 2 aromatic rings. The van der Waals surface area contributed by atoms with Gasteiger partial charge in [0.05, 0.1) is 37.4 Å². The lowest BCUT2D eigenvalue weighted by atomic mass is 9.81. The number of nitrogens with two attached hydrogens (primary N) is 1. The van der Waals surface area contributed by atoms with Crippen molar-refractivity contribution >= 4 is 23.5 Å². The molecule has 0 saturated heterocycles. The van der Waals surface area contributed by atoms with E-state index in [9.17, 15) is 19.6 Å². The van der Waals surface area contributed by atoms with E-state index < -0.39 is 17.9 Å². The number of methoxy groups -OCH3 is 2. The Morgan fingerprint density at radius 2 is 1.61 bits per heavy atom. The van der Waals surface area contributed by atoms with E-state index in [0.717, 1.165) is 5.56 Å². The van der Waals surface area contributed by atoms with E-state index in [-0.39, 0.29) is 28.6 Å². The van der Waals surface area contributed by atoms with E-state index in [1.54, 1.807) is 68.7 Å². The molecule has 0 radical (unpaired) electrons. The van der Waals surface area contributed by atoms with Gasteiger partial charge in [0.25, 0.3) is 0 Å². The van der Waals surface area contributed by atoms with Crippen LogP contribution in [0.25, 0.3) is 0 Å². The summed E-state index contributed by atoms with van der Waals surface area (Å²) in [5.74, 6) is -2.52. The molecule has 1 aliphatic rings. The Labute approximate surface area is 210 Å². The molecule has 1 amide bonds. The van der Waals surface area contributed by atoms with E-state index in [1.807, 2.05) is 0 Å². The van der Waals surface area contributed by atoms with Crippen LogP contribution in [0, 0.1) is 11.3 Å². The summed E-state index contributed by atoms with van der Waals surface area (Å²) in [6, 6.07) is 17.9. The lowest BCUT2D eigenvalue weighted by molar-refractivity contribution is -0.139. The summed E-state index contributed by atoms with van der Waals surface area (Å²) in [5.41, 5.74) is 8.33. The number of rotatable bonds is 7. The molecule has 2 N–H and O–H groups in total. The molecule has 3 rings (SSSR count). The van der Waals surface area contributed by atoms with Gasteiger partial charge in [-0.05, 0) is 29.7 Å². The van der Waals surface area contributed by atoms with Gasteiger partial charge in [0.1, 0.15) is 11.5 Å². The Kier molecular flexibility index (Phi) is 8.12. The summed E-state index contributed by atoms with van der Waals surface area (Å²) in [5, 5.41) is 10.1. The number of carbonyl (C=O) groups excluding carboxylic acids is 3.